The van der Waals surface area contributed by atoms with E-state index in [1.807, 2.05) is 0 Å². The highest BCUT2D eigenvalue weighted by atomic mass is 32.1. The Bertz CT molecular complexity index is 87.9. The highest BCUT2D eigenvalue weighted by molar-refractivity contribution is 7.59. The fraction of sp³-hybridized carbons (Fsp3) is 0.750. The van der Waals surface area contributed by atoms with Gasteiger partial charge in [0.05, 0.1) is 0 Å². The van der Waals surface area contributed by atoms with Gasteiger partial charge in [0.1, 0.15) is 6.04 Å². The Balaban J connectivity index is 0. The van der Waals surface area contributed by atoms with Crippen molar-refractivity contribution >= 4 is 19.5 Å². The Labute approximate surface area is 60.1 Å². The van der Waals surface area contributed by atoms with Crippen LogP contribution in [0.3, 0.4) is 0 Å². The molecule has 0 radical (unpaired) electrons. The number of carboxylic acid groups (broad SMARTS) is 1. The van der Waals surface area contributed by atoms with Gasteiger partial charge in [-0.15, -0.1) is 0 Å². The highest BCUT2D eigenvalue weighted by Crippen LogP contribution is 1.83. The summed E-state index contributed by atoms with van der Waals surface area (Å²) in [6.45, 7) is -0.173. The number of carbonyl (C=O) groups is 1. The van der Waals surface area contributed by atoms with Gasteiger partial charge in [0.2, 0.25) is 0 Å². The van der Waals surface area contributed by atoms with Crippen molar-refractivity contribution < 1.29 is 15.0 Å². The lowest BCUT2D eigenvalue weighted by molar-refractivity contribution is -0.138. The number of rotatable bonds is 3. The number of aliphatic hydroxyl groups is 1. The molecule has 0 aliphatic heterocycles. The molecule has 0 fully saturated rings. The zero-order valence-electron chi connectivity index (χ0n) is 4.87. The molecule has 5 heteroatoms. The van der Waals surface area contributed by atoms with Gasteiger partial charge in [-0.25, -0.2) is 0 Å². The SMILES string of the molecule is N[C@@H](CCO)C(=O)O.S. The van der Waals surface area contributed by atoms with Crippen molar-refractivity contribution in [3.63, 3.8) is 0 Å². The number of hydrogen-bond acceptors (Lipinski definition) is 3. The van der Waals surface area contributed by atoms with Crippen LogP contribution in [0.15, 0.2) is 0 Å². The minimum Gasteiger partial charge on any atom is -0.480 e. The van der Waals surface area contributed by atoms with Crippen LogP contribution in [0.4, 0.5) is 0 Å². The summed E-state index contributed by atoms with van der Waals surface area (Å²) in [5.74, 6) is -1.07. The number of hydrogen-bond donors (Lipinski definition) is 3. The van der Waals surface area contributed by atoms with E-state index in [1.165, 1.54) is 0 Å². The first-order valence-corrected chi connectivity index (χ1v) is 2.27. The third-order valence-electron chi connectivity index (χ3n) is 0.757. The van der Waals surface area contributed by atoms with Crippen LogP contribution in [0.25, 0.3) is 0 Å². The van der Waals surface area contributed by atoms with Gasteiger partial charge >= 0.3 is 5.97 Å². The molecule has 0 spiro atoms. The number of aliphatic hydroxyl groups excluding tert-OH is 1. The van der Waals surface area contributed by atoms with Gasteiger partial charge in [0, 0.05) is 6.61 Å². The molecule has 0 aliphatic carbocycles. The van der Waals surface area contributed by atoms with Crippen molar-refractivity contribution in [1.29, 1.82) is 0 Å². The van der Waals surface area contributed by atoms with E-state index in [-0.39, 0.29) is 26.5 Å². The molecule has 0 bridgehead atoms. The van der Waals surface area contributed by atoms with Crippen LogP contribution in [-0.2, 0) is 4.79 Å². The Morgan fingerprint density at radius 2 is 2.11 bits per heavy atom. The monoisotopic (exact) mass is 153 g/mol. The summed E-state index contributed by atoms with van der Waals surface area (Å²) in [6.07, 6.45) is 0.120. The van der Waals surface area contributed by atoms with E-state index in [0.29, 0.717) is 0 Å². The molecule has 56 valence electrons. The smallest absolute Gasteiger partial charge is 0.320 e. The number of nitrogens with two attached hydrogens (primary N) is 1. The van der Waals surface area contributed by atoms with E-state index < -0.39 is 12.0 Å². The molecule has 4 N–H and O–H groups in total. The molecular weight excluding hydrogens is 142 g/mol. The fourth-order valence-electron chi connectivity index (χ4n) is 0.263. The maximum atomic E-state index is 9.85. The first-order chi connectivity index (χ1) is 3.68. The van der Waals surface area contributed by atoms with Crippen molar-refractivity contribution in [3.05, 3.63) is 0 Å². The van der Waals surface area contributed by atoms with E-state index in [4.69, 9.17) is 15.9 Å². The number of carboxylic acids is 1. The Morgan fingerprint density at radius 1 is 1.67 bits per heavy atom. The third kappa shape index (κ3) is 5.61. The van der Waals surface area contributed by atoms with E-state index in [1.54, 1.807) is 0 Å². The Morgan fingerprint density at radius 3 is 2.22 bits per heavy atom. The second-order valence-electron chi connectivity index (χ2n) is 1.46. The van der Waals surface area contributed by atoms with Gasteiger partial charge in [0.15, 0.2) is 0 Å². The molecular formula is C4H11NO3S. The zero-order valence-corrected chi connectivity index (χ0v) is 5.87. The quantitative estimate of drug-likeness (QED) is 0.480. The van der Waals surface area contributed by atoms with Crippen LogP contribution in [0.5, 0.6) is 0 Å². The lowest BCUT2D eigenvalue weighted by Gasteiger charge is -2.00. The lowest BCUT2D eigenvalue weighted by atomic mass is 10.2. The summed E-state index contributed by atoms with van der Waals surface area (Å²) >= 11 is 0. The minimum absolute atomic E-state index is 0. The normalized spacial score (nSPS) is 11.8. The van der Waals surface area contributed by atoms with Crippen LogP contribution in [0, 0.1) is 0 Å². The van der Waals surface area contributed by atoms with Gasteiger partial charge < -0.3 is 15.9 Å². The van der Waals surface area contributed by atoms with Gasteiger partial charge in [-0.2, -0.15) is 13.5 Å². The van der Waals surface area contributed by atoms with E-state index in [0.717, 1.165) is 0 Å². The largest absolute Gasteiger partial charge is 0.480 e. The van der Waals surface area contributed by atoms with Crippen molar-refractivity contribution in [2.75, 3.05) is 6.61 Å². The predicted octanol–water partition coefficient (Wildman–Crippen LogP) is -1.11. The summed E-state index contributed by atoms with van der Waals surface area (Å²) in [6, 6.07) is -0.917. The van der Waals surface area contributed by atoms with Crippen molar-refractivity contribution in [2.24, 2.45) is 5.73 Å². The molecule has 9 heavy (non-hydrogen) atoms. The fourth-order valence-corrected chi connectivity index (χ4v) is 0.263. The van der Waals surface area contributed by atoms with Crippen LogP contribution >= 0.6 is 13.5 Å². The van der Waals surface area contributed by atoms with Crippen LogP contribution < -0.4 is 5.73 Å². The second kappa shape index (κ2) is 5.87. The average Bonchev–Trinajstić information content (AvgIpc) is 1.67. The molecule has 0 heterocycles. The molecule has 0 aromatic rings. The second-order valence-corrected chi connectivity index (χ2v) is 1.46. The van der Waals surface area contributed by atoms with Crippen molar-refractivity contribution in [2.45, 2.75) is 12.5 Å². The highest BCUT2D eigenvalue weighted by Gasteiger charge is 2.08. The lowest BCUT2D eigenvalue weighted by Crippen LogP contribution is -2.30. The molecule has 0 rings (SSSR count). The molecule has 4 nitrogen and oxygen atoms in total. The van der Waals surface area contributed by atoms with Crippen molar-refractivity contribution in [3.8, 4) is 0 Å². The molecule has 0 saturated heterocycles. The molecule has 0 aromatic carbocycles. The van der Waals surface area contributed by atoms with E-state index in [2.05, 4.69) is 0 Å². The van der Waals surface area contributed by atoms with Gasteiger partial charge in [-0.3, -0.25) is 4.79 Å². The molecule has 0 amide bonds. The molecule has 0 aliphatic rings. The van der Waals surface area contributed by atoms with Gasteiger partial charge in [-0.1, -0.05) is 0 Å². The minimum atomic E-state index is -1.07. The maximum absolute atomic E-state index is 9.85. The molecule has 0 saturated carbocycles. The maximum Gasteiger partial charge on any atom is 0.320 e. The van der Waals surface area contributed by atoms with Crippen LogP contribution in [0.2, 0.25) is 0 Å². The summed E-state index contributed by atoms with van der Waals surface area (Å²) < 4.78 is 0. The van der Waals surface area contributed by atoms with Gasteiger partial charge in [0.25, 0.3) is 0 Å². The molecule has 0 aromatic heterocycles. The predicted molar refractivity (Wildman–Crippen MR) is 37.7 cm³/mol. The standard InChI is InChI=1S/C4H9NO3.H2S/c5-3(1-2-6)4(7)8;/h3,6H,1-2,5H2,(H,7,8);1H2/t3-;/m0./s1. The van der Waals surface area contributed by atoms with E-state index >= 15 is 0 Å². The average molecular weight is 153 g/mol. The summed E-state index contributed by atoms with van der Waals surface area (Å²) in [7, 11) is 0. The van der Waals surface area contributed by atoms with E-state index in [9.17, 15) is 4.79 Å². The Kier molecular flexibility index (Phi) is 7.52. The Hall–Kier alpha value is -0.260. The van der Waals surface area contributed by atoms with Crippen LogP contribution in [0.1, 0.15) is 6.42 Å². The summed E-state index contributed by atoms with van der Waals surface area (Å²) in [4.78, 5) is 9.85. The van der Waals surface area contributed by atoms with Crippen LogP contribution in [-0.4, -0.2) is 28.8 Å². The zero-order chi connectivity index (χ0) is 6.57. The summed E-state index contributed by atoms with van der Waals surface area (Å²) in [5.41, 5.74) is 4.97. The molecule has 1 atom stereocenters. The number of aliphatic carboxylic acids is 1. The first kappa shape index (κ1) is 11.5. The molecule has 0 unspecified atom stereocenters. The third-order valence-corrected chi connectivity index (χ3v) is 0.757. The van der Waals surface area contributed by atoms with Gasteiger partial charge in [-0.05, 0) is 6.42 Å². The summed E-state index contributed by atoms with van der Waals surface area (Å²) in [5, 5.41) is 16.2. The van der Waals surface area contributed by atoms with Crippen molar-refractivity contribution in [1.82, 2.24) is 0 Å². The first-order valence-electron chi connectivity index (χ1n) is 2.27. The topological polar surface area (TPSA) is 83.5 Å².